The highest BCUT2D eigenvalue weighted by Crippen LogP contribution is 2.15. The molecule has 0 aromatic heterocycles. The van der Waals surface area contributed by atoms with Crippen molar-refractivity contribution >= 4 is 23.7 Å². The Kier molecular flexibility index (Phi) is 37.5. The van der Waals surface area contributed by atoms with E-state index >= 15 is 0 Å². The second-order valence-corrected chi connectivity index (χ2v) is 15.1. The third kappa shape index (κ3) is 37.4. The van der Waals surface area contributed by atoms with Crippen LogP contribution in [0.1, 0.15) is 232 Å². The molecule has 51 heavy (non-hydrogen) atoms. The van der Waals surface area contributed by atoms with Gasteiger partial charge in [0.25, 0.3) is 0 Å². The number of aliphatic carboxylic acids is 1. The van der Waals surface area contributed by atoms with E-state index in [0.29, 0.717) is 45.2 Å². The van der Waals surface area contributed by atoms with Gasteiger partial charge >= 0.3 is 5.97 Å². The van der Waals surface area contributed by atoms with Crippen molar-refractivity contribution < 1.29 is 24.3 Å². The number of carbonyl (C=O) groups excluding carboxylic acids is 3. The standard InChI is InChI=1S/C43H83N3O5/c1-3-5-7-9-11-13-15-17-19-21-23-25-27-34-40(47)44-37-31-29-33-39(43(51)45-38-32-30-36-42(49)50)46-41(48)35-28-26-24-22-20-18-16-14-12-10-8-6-4-2/h39H,3-38H2,1-2H3,(H,44,47)(H,45,51)(H,46,48)(H,49,50). The fourth-order valence-electron chi connectivity index (χ4n) is 6.67. The number of carboxylic acids is 1. The Morgan fingerprint density at radius 3 is 1.20 bits per heavy atom. The number of nitrogens with one attached hydrogen (secondary N) is 3. The fraction of sp³-hybridized carbons (Fsp3) is 0.907. The van der Waals surface area contributed by atoms with Gasteiger partial charge in [-0.15, -0.1) is 0 Å². The lowest BCUT2D eigenvalue weighted by Gasteiger charge is -2.19. The van der Waals surface area contributed by atoms with Gasteiger partial charge in [-0.05, 0) is 44.9 Å². The molecule has 0 saturated heterocycles. The van der Waals surface area contributed by atoms with Crippen LogP contribution in [0.3, 0.4) is 0 Å². The summed E-state index contributed by atoms with van der Waals surface area (Å²) in [5.74, 6) is -1.04. The van der Waals surface area contributed by atoms with Crippen LogP contribution >= 0.6 is 0 Å². The highest BCUT2D eigenvalue weighted by Gasteiger charge is 2.20. The largest absolute Gasteiger partial charge is 0.481 e. The van der Waals surface area contributed by atoms with E-state index in [1.807, 2.05) is 0 Å². The van der Waals surface area contributed by atoms with Crippen molar-refractivity contribution in [1.29, 1.82) is 0 Å². The average molecular weight is 722 g/mol. The third-order valence-corrected chi connectivity index (χ3v) is 10.0. The molecule has 0 bridgehead atoms. The van der Waals surface area contributed by atoms with Gasteiger partial charge in [-0.3, -0.25) is 19.2 Å². The van der Waals surface area contributed by atoms with Crippen LogP contribution < -0.4 is 16.0 Å². The molecule has 1 unspecified atom stereocenters. The molecule has 0 rings (SSSR count). The Hall–Kier alpha value is -2.12. The van der Waals surface area contributed by atoms with Gasteiger partial charge in [0.15, 0.2) is 0 Å². The predicted molar refractivity (Wildman–Crippen MR) is 214 cm³/mol. The van der Waals surface area contributed by atoms with Crippen molar-refractivity contribution in [3.8, 4) is 0 Å². The smallest absolute Gasteiger partial charge is 0.303 e. The van der Waals surface area contributed by atoms with Gasteiger partial charge in [-0.25, -0.2) is 0 Å². The number of carboxylic acid groups (broad SMARTS) is 1. The maximum absolute atomic E-state index is 12.9. The molecule has 300 valence electrons. The average Bonchev–Trinajstić information content (AvgIpc) is 3.11. The minimum Gasteiger partial charge on any atom is -0.481 e. The van der Waals surface area contributed by atoms with Gasteiger partial charge in [0.05, 0.1) is 0 Å². The molecule has 0 aliphatic heterocycles. The number of unbranched alkanes of at least 4 members (excludes halogenated alkanes) is 26. The number of rotatable bonds is 40. The zero-order chi connectivity index (χ0) is 37.5. The summed E-state index contributed by atoms with van der Waals surface area (Å²) < 4.78 is 0. The summed E-state index contributed by atoms with van der Waals surface area (Å²) in [6, 6.07) is -0.611. The van der Waals surface area contributed by atoms with E-state index in [-0.39, 0.29) is 24.1 Å². The highest BCUT2D eigenvalue weighted by atomic mass is 16.4. The molecule has 0 radical (unpaired) electrons. The molecule has 0 aliphatic rings. The third-order valence-electron chi connectivity index (χ3n) is 10.0. The summed E-state index contributed by atoms with van der Waals surface area (Å²) in [6.45, 7) is 5.49. The summed E-state index contributed by atoms with van der Waals surface area (Å²) in [4.78, 5) is 48.7. The lowest BCUT2D eigenvalue weighted by Crippen LogP contribution is -2.47. The minimum atomic E-state index is -0.837. The summed E-state index contributed by atoms with van der Waals surface area (Å²) in [6.07, 6.45) is 37.2. The summed E-state index contributed by atoms with van der Waals surface area (Å²) in [5, 5.41) is 17.7. The molecule has 0 aromatic rings. The zero-order valence-corrected chi connectivity index (χ0v) is 33.6. The maximum atomic E-state index is 12.9. The van der Waals surface area contributed by atoms with Gasteiger partial charge in [0, 0.05) is 32.4 Å². The first-order valence-corrected chi connectivity index (χ1v) is 22.0. The van der Waals surface area contributed by atoms with Crippen molar-refractivity contribution in [2.24, 2.45) is 0 Å². The van der Waals surface area contributed by atoms with Gasteiger partial charge in [0.2, 0.25) is 17.7 Å². The predicted octanol–water partition coefficient (Wildman–Crippen LogP) is 11.1. The lowest BCUT2D eigenvalue weighted by atomic mass is 10.0. The molecule has 0 aromatic carbocycles. The van der Waals surface area contributed by atoms with Crippen molar-refractivity contribution in [1.82, 2.24) is 16.0 Å². The molecule has 0 saturated carbocycles. The van der Waals surface area contributed by atoms with E-state index in [4.69, 9.17) is 5.11 Å². The van der Waals surface area contributed by atoms with Crippen LogP contribution in [0.2, 0.25) is 0 Å². The molecule has 8 nitrogen and oxygen atoms in total. The van der Waals surface area contributed by atoms with Crippen molar-refractivity contribution in [2.45, 2.75) is 238 Å². The molecule has 8 heteroatoms. The van der Waals surface area contributed by atoms with Crippen LogP contribution in [0, 0.1) is 0 Å². The Balaban J connectivity index is 4.13. The number of amides is 3. The molecule has 4 N–H and O–H groups in total. The van der Waals surface area contributed by atoms with Crippen LogP contribution in [0.25, 0.3) is 0 Å². The summed E-state index contributed by atoms with van der Waals surface area (Å²) in [7, 11) is 0. The first-order chi connectivity index (χ1) is 24.9. The molecule has 1 atom stereocenters. The van der Waals surface area contributed by atoms with Crippen LogP contribution in [0.15, 0.2) is 0 Å². The van der Waals surface area contributed by atoms with E-state index in [1.165, 1.54) is 135 Å². The second-order valence-electron chi connectivity index (χ2n) is 15.1. The Morgan fingerprint density at radius 2 is 0.765 bits per heavy atom. The van der Waals surface area contributed by atoms with Gasteiger partial charge in [0.1, 0.15) is 6.04 Å². The molecule has 0 aliphatic carbocycles. The molecule has 0 heterocycles. The SMILES string of the molecule is CCCCCCCCCCCCCCCC(=O)NCCCCC(NC(=O)CCCCCCCCCCCCCCC)C(=O)NCCCCC(=O)O. The molecule has 0 fully saturated rings. The van der Waals surface area contributed by atoms with Gasteiger partial charge < -0.3 is 21.1 Å². The second kappa shape index (κ2) is 39.1. The Morgan fingerprint density at radius 1 is 0.412 bits per heavy atom. The van der Waals surface area contributed by atoms with Crippen LogP contribution in [-0.4, -0.2) is 47.9 Å². The number of hydrogen-bond acceptors (Lipinski definition) is 4. The normalized spacial score (nSPS) is 11.7. The van der Waals surface area contributed by atoms with E-state index in [0.717, 1.165) is 44.9 Å². The summed E-state index contributed by atoms with van der Waals surface area (Å²) in [5.41, 5.74) is 0. The Bertz CT molecular complexity index is 821. The van der Waals surface area contributed by atoms with Crippen molar-refractivity contribution in [3.05, 3.63) is 0 Å². The van der Waals surface area contributed by atoms with Gasteiger partial charge in [-0.1, -0.05) is 168 Å². The van der Waals surface area contributed by atoms with Crippen LogP contribution in [0.4, 0.5) is 0 Å². The molecule has 3 amide bonds. The van der Waals surface area contributed by atoms with E-state index in [2.05, 4.69) is 29.8 Å². The first kappa shape index (κ1) is 48.9. The molecular formula is C43H83N3O5. The highest BCUT2D eigenvalue weighted by molar-refractivity contribution is 5.87. The molecule has 0 spiro atoms. The van der Waals surface area contributed by atoms with Crippen LogP contribution in [0.5, 0.6) is 0 Å². The lowest BCUT2D eigenvalue weighted by molar-refractivity contribution is -0.137. The molecular weight excluding hydrogens is 638 g/mol. The van der Waals surface area contributed by atoms with Gasteiger partial charge in [-0.2, -0.15) is 0 Å². The minimum absolute atomic E-state index is 0.0836. The van der Waals surface area contributed by atoms with E-state index in [9.17, 15) is 19.2 Å². The first-order valence-electron chi connectivity index (χ1n) is 22.0. The zero-order valence-electron chi connectivity index (χ0n) is 33.6. The number of carbonyl (C=O) groups is 4. The summed E-state index contributed by atoms with van der Waals surface area (Å²) >= 11 is 0. The van der Waals surface area contributed by atoms with E-state index < -0.39 is 12.0 Å². The van der Waals surface area contributed by atoms with Crippen molar-refractivity contribution in [3.63, 3.8) is 0 Å². The van der Waals surface area contributed by atoms with Crippen LogP contribution in [-0.2, 0) is 19.2 Å². The maximum Gasteiger partial charge on any atom is 0.303 e. The Labute approximate surface area is 314 Å². The quantitative estimate of drug-likeness (QED) is 0.0469. The number of hydrogen-bond donors (Lipinski definition) is 4. The van der Waals surface area contributed by atoms with E-state index in [1.54, 1.807) is 0 Å². The van der Waals surface area contributed by atoms with Crippen molar-refractivity contribution in [2.75, 3.05) is 13.1 Å². The topological polar surface area (TPSA) is 125 Å². The monoisotopic (exact) mass is 722 g/mol. The fourth-order valence-corrected chi connectivity index (χ4v) is 6.67.